The third-order valence-corrected chi connectivity index (χ3v) is 3.69. The maximum Gasteiger partial charge on any atom is 0.271 e. The van der Waals surface area contributed by atoms with Crippen molar-refractivity contribution in [2.45, 2.75) is 19.4 Å². The minimum Gasteiger partial charge on any atom is -0.394 e. The first kappa shape index (κ1) is 17.1. The monoisotopic (exact) mass is 381 g/mol. The summed E-state index contributed by atoms with van der Waals surface area (Å²) in [5.74, 6) is 0.831. The van der Waals surface area contributed by atoms with Gasteiger partial charge in [0, 0.05) is 24.0 Å². The number of benzene rings is 1. The smallest absolute Gasteiger partial charge is 0.271 e. The molecule has 23 heavy (non-hydrogen) atoms. The van der Waals surface area contributed by atoms with Gasteiger partial charge in [-0.3, -0.25) is 10.1 Å². The number of nitrogens with one attached hydrogen (secondary N) is 2. The van der Waals surface area contributed by atoms with Crippen LogP contribution < -0.4 is 10.6 Å². The lowest BCUT2D eigenvalue weighted by Gasteiger charge is -2.16. The summed E-state index contributed by atoms with van der Waals surface area (Å²) < 4.78 is 0.661. The van der Waals surface area contributed by atoms with E-state index in [0.29, 0.717) is 21.9 Å². The second-order valence-electron chi connectivity index (χ2n) is 4.75. The van der Waals surface area contributed by atoms with E-state index in [1.807, 2.05) is 6.92 Å². The van der Waals surface area contributed by atoms with E-state index in [-0.39, 0.29) is 18.3 Å². The quantitative estimate of drug-likeness (QED) is 0.498. The fourth-order valence-corrected chi connectivity index (χ4v) is 2.13. The zero-order valence-electron chi connectivity index (χ0n) is 12.4. The second-order valence-corrected chi connectivity index (χ2v) is 5.61. The first-order valence-corrected chi connectivity index (χ1v) is 7.74. The van der Waals surface area contributed by atoms with Gasteiger partial charge >= 0.3 is 0 Å². The molecule has 9 heteroatoms. The van der Waals surface area contributed by atoms with E-state index in [2.05, 4.69) is 36.5 Å². The Bertz CT molecular complexity index is 694. The molecule has 122 valence electrons. The standard InChI is InChI=1S/C14H16BrN5O3/c1-2-9(8-21)17-13-12(15)7-16-14(19-13)18-10-4-3-5-11(6-10)20(22)23/h3-7,9,21H,2,8H2,1H3,(H2,16,17,18,19). The lowest BCUT2D eigenvalue weighted by molar-refractivity contribution is -0.384. The summed E-state index contributed by atoms with van der Waals surface area (Å²) in [5, 5.41) is 26.1. The van der Waals surface area contributed by atoms with Gasteiger partial charge in [0.05, 0.1) is 22.0 Å². The van der Waals surface area contributed by atoms with E-state index >= 15 is 0 Å². The Morgan fingerprint density at radius 1 is 1.48 bits per heavy atom. The number of non-ortho nitro benzene ring substituents is 1. The predicted octanol–water partition coefficient (Wildman–Crippen LogP) is 3.07. The van der Waals surface area contributed by atoms with Crippen molar-refractivity contribution in [3.05, 3.63) is 45.0 Å². The molecule has 8 nitrogen and oxygen atoms in total. The molecule has 1 heterocycles. The van der Waals surface area contributed by atoms with Gasteiger partial charge < -0.3 is 15.7 Å². The fourth-order valence-electron chi connectivity index (χ4n) is 1.83. The molecule has 0 aliphatic rings. The Morgan fingerprint density at radius 3 is 2.91 bits per heavy atom. The third kappa shape index (κ3) is 4.60. The summed E-state index contributed by atoms with van der Waals surface area (Å²) in [4.78, 5) is 18.8. The highest BCUT2D eigenvalue weighted by Crippen LogP contribution is 2.24. The molecular weight excluding hydrogens is 366 g/mol. The van der Waals surface area contributed by atoms with E-state index in [0.717, 1.165) is 6.42 Å². The molecule has 1 aromatic carbocycles. The van der Waals surface area contributed by atoms with Gasteiger partial charge in [0.2, 0.25) is 5.95 Å². The molecular formula is C14H16BrN5O3. The molecule has 0 radical (unpaired) electrons. The van der Waals surface area contributed by atoms with Gasteiger partial charge in [0.15, 0.2) is 0 Å². The van der Waals surface area contributed by atoms with Crippen LogP contribution in [0.2, 0.25) is 0 Å². The number of hydrogen-bond donors (Lipinski definition) is 3. The van der Waals surface area contributed by atoms with Gasteiger partial charge in [-0.1, -0.05) is 13.0 Å². The van der Waals surface area contributed by atoms with Crippen molar-refractivity contribution in [1.82, 2.24) is 9.97 Å². The normalized spacial score (nSPS) is 11.8. The average Bonchev–Trinajstić information content (AvgIpc) is 2.55. The lowest BCUT2D eigenvalue weighted by Crippen LogP contribution is -2.23. The Morgan fingerprint density at radius 2 is 2.26 bits per heavy atom. The SMILES string of the molecule is CCC(CO)Nc1nc(Nc2cccc([N+](=O)[O-])c2)ncc1Br. The van der Waals surface area contributed by atoms with Crippen molar-refractivity contribution in [3.8, 4) is 0 Å². The molecule has 1 atom stereocenters. The lowest BCUT2D eigenvalue weighted by atomic mass is 10.2. The molecule has 3 N–H and O–H groups in total. The van der Waals surface area contributed by atoms with Gasteiger partial charge in [-0.25, -0.2) is 4.98 Å². The number of nitrogens with zero attached hydrogens (tertiary/aromatic N) is 3. The number of rotatable bonds is 7. The predicted molar refractivity (Wildman–Crippen MR) is 90.9 cm³/mol. The molecule has 2 aromatic rings. The third-order valence-electron chi connectivity index (χ3n) is 3.11. The first-order chi connectivity index (χ1) is 11.0. The highest BCUT2D eigenvalue weighted by molar-refractivity contribution is 9.10. The van der Waals surface area contributed by atoms with Crippen molar-refractivity contribution in [3.63, 3.8) is 0 Å². The summed E-state index contributed by atoms with van der Waals surface area (Å²) in [6, 6.07) is 5.96. The number of nitro benzene ring substituents is 1. The highest BCUT2D eigenvalue weighted by Gasteiger charge is 2.11. The number of aromatic nitrogens is 2. The van der Waals surface area contributed by atoms with Gasteiger partial charge in [-0.15, -0.1) is 0 Å². The van der Waals surface area contributed by atoms with Crippen LogP contribution in [0.4, 0.5) is 23.1 Å². The zero-order chi connectivity index (χ0) is 16.8. The highest BCUT2D eigenvalue weighted by atomic mass is 79.9. The molecule has 0 aliphatic heterocycles. The van der Waals surface area contributed by atoms with Crippen LogP contribution in [0.25, 0.3) is 0 Å². The minimum absolute atomic E-state index is 0.0133. The Hall–Kier alpha value is -2.26. The average molecular weight is 382 g/mol. The molecule has 2 rings (SSSR count). The van der Waals surface area contributed by atoms with Gasteiger partial charge in [0.1, 0.15) is 5.82 Å². The minimum atomic E-state index is -0.465. The zero-order valence-corrected chi connectivity index (χ0v) is 13.9. The van der Waals surface area contributed by atoms with Crippen LogP contribution in [0.1, 0.15) is 13.3 Å². The van der Waals surface area contributed by atoms with Crippen LogP contribution >= 0.6 is 15.9 Å². The Balaban J connectivity index is 2.20. The Labute approximate surface area is 141 Å². The number of hydrogen-bond acceptors (Lipinski definition) is 7. The molecule has 0 bridgehead atoms. The number of nitro groups is 1. The molecule has 0 saturated carbocycles. The summed E-state index contributed by atoms with van der Waals surface area (Å²) in [5.41, 5.74) is 0.499. The number of aliphatic hydroxyl groups excluding tert-OH is 1. The van der Waals surface area contributed by atoms with Crippen LogP contribution in [0.3, 0.4) is 0 Å². The summed E-state index contributed by atoms with van der Waals surface area (Å²) in [6.45, 7) is 1.94. The maximum absolute atomic E-state index is 10.8. The summed E-state index contributed by atoms with van der Waals surface area (Å²) in [6.07, 6.45) is 2.31. The van der Waals surface area contributed by atoms with Crippen LogP contribution in [0.5, 0.6) is 0 Å². The van der Waals surface area contributed by atoms with Crippen molar-refractivity contribution >= 4 is 39.1 Å². The van der Waals surface area contributed by atoms with Crippen LogP contribution in [0, 0.1) is 10.1 Å². The van der Waals surface area contributed by atoms with Gasteiger partial charge in [-0.2, -0.15) is 4.98 Å². The molecule has 0 saturated heterocycles. The van der Waals surface area contributed by atoms with Crippen LogP contribution in [-0.4, -0.2) is 32.6 Å². The van der Waals surface area contributed by atoms with Crippen molar-refractivity contribution in [2.75, 3.05) is 17.2 Å². The van der Waals surface area contributed by atoms with E-state index in [1.54, 1.807) is 18.3 Å². The van der Waals surface area contributed by atoms with E-state index < -0.39 is 4.92 Å². The van der Waals surface area contributed by atoms with Gasteiger partial charge in [0.25, 0.3) is 5.69 Å². The summed E-state index contributed by atoms with van der Waals surface area (Å²) >= 11 is 3.35. The van der Waals surface area contributed by atoms with Crippen molar-refractivity contribution < 1.29 is 10.0 Å². The molecule has 0 amide bonds. The maximum atomic E-state index is 10.8. The van der Waals surface area contributed by atoms with Gasteiger partial charge in [-0.05, 0) is 28.4 Å². The first-order valence-electron chi connectivity index (χ1n) is 6.95. The molecule has 0 fully saturated rings. The summed E-state index contributed by atoms with van der Waals surface area (Å²) in [7, 11) is 0. The molecule has 0 aliphatic carbocycles. The molecule has 0 spiro atoms. The number of anilines is 3. The second kappa shape index (κ2) is 7.84. The molecule has 1 aromatic heterocycles. The largest absolute Gasteiger partial charge is 0.394 e. The molecule has 1 unspecified atom stereocenters. The van der Waals surface area contributed by atoms with E-state index in [4.69, 9.17) is 0 Å². The van der Waals surface area contributed by atoms with Crippen LogP contribution in [0.15, 0.2) is 34.9 Å². The topological polar surface area (TPSA) is 113 Å². The van der Waals surface area contributed by atoms with Crippen molar-refractivity contribution in [1.29, 1.82) is 0 Å². The number of aliphatic hydroxyl groups is 1. The van der Waals surface area contributed by atoms with E-state index in [9.17, 15) is 15.2 Å². The Kier molecular flexibility index (Phi) is 5.83. The van der Waals surface area contributed by atoms with E-state index in [1.165, 1.54) is 12.1 Å². The van der Waals surface area contributed by atoms with Crippen molar-refractivity contribution in [2.24, 2.45) is 0 Å². The number of halogens is 1. The van der Waals surface area contributed by atoms with Crippen LogP contribution in [-0.2, 0) is 0 Å². The fraction of sp³-hybridized carbons (Fsp3) is 0.286.